The van der Waals surface area contributed by atoms with E-state index in [1.807, 2.05) is 13.8 Å². The summed E-state index contributed by atoms with van der Waals surface area (Å²) < 4.78 is 12.1. The van der Waals surface area contributed by atoms with Crippen molar-refractivity contribution >= 4 is 5.97 Å². The second-order valence-electron chi connectivity index (χ2n) is 3.62. The Hall–Kier alpha value is -0.640. The monoisotopic (exact) mass is 191 g/mol. The Kier molecular flexibility index (Phi) is 4.91. The number of alkyl halides is 1. The van der Waals surface area contributed by atoms with Gasteiger partial charge in [-0.3, -0.25) is 9.18 Å². The van der Waals surface area contributed by atoms with Crippen LogP contribution < -0.4 is 5.73 Å². The molecular formula is C9H18FNO2. The van der Waals surface area contributed by atoms with Crippen molar-refractivity contribution in [2.45, 2.75) is 38.6 Å². The molecule has 0 saturated carbocycles. The number of rotatable bonds is 6. The van der Waals surface area contributed by atoms with Gasteiger partial charge in [0.05, 0.1) is 6.67 Å². The molecule has 0 unspecified atom stereocenters. The fourth-order valence-electron chi connectivity index (χ4n) is 1.23. The number of aliphatic carboxylic acids is 1. The second-order valence-corrected chi connectivity index (χ2v) is 3.62. The third-order valence-electron chi connectivity index (χ3n) is 2.38. The predicted octanol–water partition coefficient (Wildman–Crippen LogP) is 1.56. The van der Waals surface area contributed by atoms with Crippen LogP contribution in [-0.4, -0.2) is 23.3 Å². The molecule has 0 aliphatic heterocycles. The number of hydrogen-bond acceptors (Lipinski definition) is 2. The highest BCUT2D eigenvalue weighted by molar-refractivity contribution is 5.78. The number of carbonyl (C=O) groups is 1. The van der Waals surface area contributed by atoms with Gasteiger partial charge < -0.3 is 10.8 Å². The van der Waals surface area contributed by atoms with Crippen LogP contribution in [0, 0.1) is 5.92 Å². The van der Waals surface area contributed by atoms with E-state index >= 15 is 0 Å². The van der Waals surface area contributed by atoms with Gasteiger partial charge in [0.2, 0.25) is 0 Å². The SMILES string of the molecule is CC[C@@H](C)C[C@](N)(CCF)C(=O)O. The minimum absolute atomic E-state index is 0.104. The van der Waals surface area contributed by atoms with Crippen molar-refractivity contribution in [3.8, 4) is 0 Å². The molecule has 13 heavy (non-hydrogen) atoms. The molecule has 0 heterocycles. The molecule has 0 aliphatic rings. The highest BCUT2D eigenvalue weighted by Gasteiger charge is 2.34. The van der Waals surface area contributed by atoms with Crippen molar-refractivity contribution in [2.24, 2.45) is 11.7 Å². The van der Waals surface area contributed by atoms with Crippen molar-refractivity contribution in [3.05, 3.63) is 0 Å². The minimum atomic E-state index is -1.38. The Bertz CT molecular complexity index is 175. The Labute approximate surface area is 78.1 Å². The topological polar surface area (TPSA) is 63.3 Å². The maximum atomic E-state index is 12.1. The van der Waals surface area contributed by atoms with Crippen molar-refractivity contribution in [1.29, 1.82) is 0 Å². The van der Waals surface area contributed by atoms with Gasteiger partial charge in [0, 0.05) is 6.42 Å². The van der Waals surface area contributed by atoms with Crippen LogP contribution in [0.2, 0.25) is 0 Å². The molecule has 0 bridgehead atoms. The first-order chi connectivity index (χ1) is 5.96. The van der Waals surface area contributed by atoms with E-state index < -0.39 is 18.2 Å². The zero-order valence-electron chi connectivity index (χ0n) is 8.22. The summed E-state index contributed by atoms with van der Waals surface area (Å²) in [4.78, 5) is 10.8. The van der Waals surface area contributed by atoms with E-state index in [1.54, 1.807) is 0 Å². The lowest BCUT2D eigenvalue weighted by Gasteiger charge is -2.26. The van der Waals surface area contributed by atoms with Gasteiger partial charge in [0.15, 0.2) is 0 Å². The molecule has 0 saturated heterocycles. The van der Waals surface area contributed by atoms with Gasteiger partial charge in [0.25, 0.3) is 0 Å². The maximum absolute atomic E-state index is 12.1. The smallest absolute Gasteiger partial charge is 0.323 e. The quantitative estimate of drug-likeness (QED) is 0.669. The van der Waals surface area contributed by atoms with Crippen molar-refractivity contribution in [3.63, 3.8) is 0 Å². The van der Waals surface area contributed by atoms with Crippen molar-refractivity contribution < 1.29 is 14.3 Å². The van der Waals surface area contributed by atoms with E-state index in [0.29, 0.717) is 6.42 Å². The van der Waals surface area contributed by atoms with Gasteiger partial charge in [-0.2, -0.15) is 0 Å². The molecule has 2 atom stereocenters. The third-order valence-corrected chi connectivity index (χ3v) is 2.38. The Morgan fingerprint density at radius 1 is 1.69 bits per heavy atom. The van der Waals surface area contributed by atoms with Gasteiger partial charge in [-0.25, -0.2) is 0 Å². The Morgan fingerprint density at radius 2 is 2.23 bits per heavy atom. The number of hydrogen-bond donors (Lipinski definition) is 2. The van der Waals surface area contributed by atoms with Gasteiger partial charge in [-0.1, -0.05) is 20.3 Å². The molecule has 0 fully saturated rings. The summed E-state index contributed by atoms with van der Waals surface area (Å²) in [6, 6.07) is 0. The summed E-state index contributed by atoms with van der Waals surface area (Å²) in [5.41, 5.74) is 4.20. The van der Waals surface area contributed by atoms with E-state index in [4.69, 9.17) is 10.8 Å². The first-order valence-corrected chi connectivity index (χ1v) is 4.54. The van der Waals surface area contributed by atoms with Crippen LogP contribution in [0.5, 0.6) is 0 Å². The Morgan fingerprint density at radius 3 is 2.54 bits per heavy atom. The summed E-state index contributed by atoms with van der Waals surface area (Å²) in [5.74, 6) is -0.891. The molecule has 0 aliphatic carbocycles. The van der Waals surface area contributed by atoms with E-state index in [9.17, 15) is 9.18 Å². The van der Waals surface area contributed by atoms with Crippen LogP contribution in [0.3, 0.4) is 0 Å². The molecule has 4 heteroatoms. The van der Waals surface area contributed by atoms with Crippen LogP contribution in [0.1, 0.15) is 33.1 Å². The standard InChI is InChI=1S/C9H18FNO2/c1-3-7(2)6-9(11,4-5-10)8(12)13/h7H,3-6,11H2,1-2H3,(H,12,13)/t7-,9-/m1/s1. The van der Waals surface area contributed by atoms with Crippen molar-refractivity contribution in [2.75, 3.05) is 6.67 Å². The van der Waals surface area contributed by atoms with Gasteiger partial charge in [-0.15, -0.1) is 0 Å². The summed E-state index contributed by atoms with van der Waals surface area (Å²) in [7, 11) is 0. The largest absolute Gasteiger partial charge is 0.480 e. The molecule has 0 radical (unpaired) electrons. The van der Waals surface area contributed by atoms with Crippen LogP contribution in [0.15, 0.2) is 0 Å². The maximum Gasteiger partial charge on any atom is 0.323 e. The lowest BCUT2D eigenvalue weighted by Crippen LogP contribution is -2.49. The molecule has 0 aromatic carbocycles. The third kappa shape index (κ3) is 3.72. The second kappa shape index (κ2) is 5.17. The highest BCUT2D eigenvalue weighted by Crippen LogP contribution is 2.20. The fourth-order valence-corrected chi connectivity index (χ4v) is 1.23. The molecule has 78 valence electrons. The summed E-state index contributed by atoms with van der Waals surface area (Å²) in [5, 5.41) is 8.82. The van der Waals surface area contributed by atoms with E-state index in [2.05, 4.69) is 0 Å². The number of carboxylic acids is 1. The molecule has 0 aromatic heterocycles. The van der Waals surface area contributed by atoms with Crippen molar-refractivity contribution in [1.82, 2.24) is 0 Å². The molecule has 3 nitrogen and oxygen atoms in total. The van der Waals surface area contributed by atoms with Gasteiger partial charge in [-0.05, 0) is 12.3 Å². The van der Waals surface area contributed by atoms with Crippen LogP contribution in [0.4, 0.5) is 4.39 Å². The van der Waals surface area contributed by atoms with E-state index in [1.165, 1.54) is 0 Å². The van der Waals surface area contributed by atoms with Gasteiger partial charge >= 0.3 is 5.97 Å². The van der Waals surface area contributed by atoms with E-state index in [0.717, 1.165) is 6.42 Å². The fraction of sp³-hybridized carbons (Fsp3) is 0.889. The zero-order valence-corrected chi connectivity index (χ0v) is 8.22. The molecule has 0 spiro atoms. The van der Waals surface area contributed by atoms with Crippen LogP contribution in [-0.2, 0) is 4.79 Å². The van der Waals surface area contributed by atoms with Gasteiger partial charge in [0.1, 0.15) is 5.54 Å². The van der Waals surface area contributed by atoms with E-state index in [-0.39, 0.29) is 12.3 Å². The Balaban J connectivity index is 4.32. The average Bonchev–Trinajstić information content (AvgIpc) is 2.04. The average molecular weight is 191 g/mol. The number of nitrogens with two attached hydrogens (primary N) is 1. The molecule has 0 amide bonds. The molecular weight excluding hydrogens is 173 g/mol. The summed E-state index contributed by atoms with van der Waals surface area (Å²) in [6.07, 6.45) is 1.09. The zero-order chi connectivity index (χ0) is 10.5. The molecule has 3 N–H and O–H groups in total. The first-order valence-electron chi connectivity index (χ1n) is 4.54. The highest BCUT2D eigenvalue weighted by atomic mass is 19.1. The predicted molar refractivity (Wildman–Crippen MR) is 49.2 cm³/mol. The van der Waals surface area contributed by atoms with Crippen LogP contribution >= 0.6 is 0 Å². The first kappa shape index (κ1) is 12.4. The molecule has 0 aromatic rings. The lowest BCUT2D eigenvalue weighted by atomic mass is 9.85. The number of halogens is 1. The van der Waals surface area contributed by atoms with Crippen LogP contribution in [0.25, 0.3) is 0 Å². The minimum Gasteiger partial charge on any atom is -0.480 e. The number of carboxylic acid groups (broad SMARTS) is 1. The summed E-state index contributed by atoms with van der Waals surface area (Å²) in [6.45, 7) is 3.20. The normalized spacial score (nSPS) is 17.8. The molecule has 0 rings (SSSR count). The summed E-state index contributed by atoms with van der Waals surface area (Å²) >= 11 is 0. The lowest BCUT2D eigenvalue weighted by molar-refractivity contribution is -0.144.